The molecule has 7 nitrogen and oxygen atoms in total. The summed E-state index contributed by atoms with van der Waals surface area (Å²) in [7, 11) is 1.55. The summed E-state index contributed by atoms with van der Waals surface area (Å²) in [5.74, 6) is 0.514. The summed E-state index contributed by atoms with van der Waals surface area (Å²) in [4.78, 5) is 20.1. The van der Waals surface area contributed by atoms with E-state index < -0.39 is 0 Å². The summed E-state index contributed by atoms with van der Waals surface area (Å²) in [5.41, 5.74) is 0.646. The zero-order chi connectivity index (χ0) is 15.2. The molecule has 7 heteroatoms. The number of amides is 2. The van der Waals surface area contributed by atoms with Crippen molar-refractivity contribution in [3.8, 4) is 5.88 Å². The molecule has 0 saturated carbocycles. The number of nitrogens with zero attached hydrogens (tertiary/aromatic N) is 3. The van der Waals surface area contributed by atoms with E-state index in [9.17, 15) is 9.90 Å². The molecule has 1 atom stereocenters. The summed E-state index contributed by atoms with van der Waals surface area (Å²) in [6.45, 7) is 5.29. The molecule has 2 rings (SSSR count). The molecule has 0 aliphatic carbocycles. The molecule has 2 amide bonds. The number of nitrogens with one attached hydrogen (secondary N) is 1. The van der Waals surface area contributed by atoms with Crippen LogP contribution in [-0.2, 0) is 0 Å². The van der Waals surface area contributed by atoms with Gasteiger partial charge in [-0.2, -0.15) is 0 Å². The Morgan fingerprint density at radius 3 is 2.67 bits per heavy atom. The lowest BCUT2D eigenvalue weighted by atomic mass is 10.3. The average Bonchev–Trinajstić information content (AvgIpc) is 2.48. The standard InChI is InChI=1S/C14H22N4O3/c1-11(19)10-17-5-7-18(8-6-17)14(20)16-12-3-4-13(21-2)15-9-12/h3-4,9,11,19H,5-8,10H2,1-2H3,(H,16,20). The van der Waals surface area contributed by atoms with Crippen LogP contribution < -0.4 is 10.1 Å². The van der Waals surface area contributed by atoms with Gasteiger partial charge in [-0.05, 0) is 13.0 Å². The van der Waals surface area contributed by atoms with E-state index in [1.807, 2.05) is 0 Å². The fourth-order valence-corrected chi connectivity index (χ4v) is 2.28. The first-order valence-electron chi connectivity index (χ1n) is 7.05. The number of β-amino-alcohol motifs (C(OH)–C–C–N with tert-alkyl or cyclic N) is 1. The largest absolute Gasteiger partial charge is 0.481 e. The molecule has 21 heavy (non-hydrogen) atoms. The van der Waals surface area contributed by atoms with Gasteiger partial charge in [0.2, 0.25) is 5.88 Å². The van der Waals surface area contributed by atoms with Crippen molar-refractivity contribution in [2.75, 3.05) is 45.2 Å². The topological polar surface area (TPSA) is 77.9 Å². The number of aromatic nitrogens is 1. The quantitative estimate of drug-likeness (QED) is 0.851. The van der Waals surface area contributed by atoms with Crippen molar-refractivity contribution < 1.29 is 14.6 Å². The second kappa shape index (κ2) is 7.24. The molecule has 0 radical (unpaired) electrons. The molecule has 0 aromatic carbocycles. The van der Waals surface area contributed by atoms with E-state index in [4.69, 9.17) is 4.74 Å². The molecule has 1 aromatic rings. The fourth-order valence-electron chi connectivity index (χ4n) is 2.28. The summed E-state index contributed by atoms with van der Waals surface area (Å²) in [5, 5.41) is 12.2. The number of methoxy groups -OCH3 is 1. The zero-order valence-electron chi connectivity index (χ0n) is 12.5. The number of hydrogen-bond donors (Lipinski definition) is 2. The number of rotatable bonds is 4. The minimum absolute atomic E-state index is 0.126. The van der Waals surface area contributed by atoms with Gasteiger partial charge in [-0.25, -0.2) is 9.78 Å². The van der Waals surface area contributed by atoms with E-state index in [0.717, 1.165) is 13.1 Å². The molecular formula is C14H22N4O3. The number of ether oxygens (including phenoxy) is 1. The van der Waals surface area contributed by atoms with E-state index in [-0.39, 0.29) is 12.1 Å². The number of hydrogen-bond acceptors (Lipinski definition) is 5. The highest BCUT2D eigenvalue weighted by atomic mass is 16.5. The van der Waals surface area contributed by atoms with Crippen LogP contribution in [0.25, 0.3) is 0 Å². The molecule has 1 aliphatic rings. The van der Waals surface area contributed by atoms with Crippen LogP contribution in [0.3, 0.4) is 0 Å². The van der Waals surface area contributed by atoms with Gasteiger partial charge in [0.15, 0.2) is 0 Å². The number of urea groups is 1. The molecule has 1 aliphatic heterocycles. The Balaban J connectivity index is 1.81. The Kier molecular flexibility index (Phi) is 5.35. The summed E-state index contributed by atoms with van der Waals surface area (Å²) >= 11 is 0. The number of piperazine rings is 1. The number of anilines is 1. The molecule has 1 saturated heterocycles. The Morgan fingerprint density at radius 1 is 1.43 bits per heavy atom. The number of carbonyl (C=O) groups is 1. The highest BCUT2D eigenvalue weighted by Crippen LogP contribution is 2.12. The van der Waals surface area contributed by atoms with Crippen LogP contribution in [0.15, 0.2) is 18.3 Å². The monoisotopic (exact) mass is 294 g/mol. The van der Waals surface area contributed by atoms with E-state index >= 15 is 0 Å². The third-order valence-corrected chi connectivity index (χ3v) is 3.38. The van der Waals surface area contributed by atoms with Gasteiger partial charge < -0.3 is 20.1 Å². The van der Waals surface area contributed by atoms with Gasteiger partial charge >= 0.3 is 6.03 Å². The third kappa shape index (κ3) is 4.57. The van der Waals surface area contributed by atoms with Gasteiger partial charge in [-0.1, -0.05) is 0 Å². The van der Waals surface area contributed by atoms with Crippen LogP contribution in [0.5, 0.6) is 5.88 Å². The third-order valence-electron chi connectivity index (χ3n) is 3.38. The molecule has 1 unspecified atom stereocenters. The van der Waals surface area contributed by atoms with Crippen LogP contribution in [0, 0.1) is 0 Å². The van der Waals surface area contributed by atoms with Crippen molar-refractivity contribution in [3.05, 3.63) is 18.3 Å². The van der Waals surface area contributed by atoms with Crippen molar-refractivity contribution in [1.82, 2.24) is 14.8 Å². The van der Waals surface area contributed by atoms with Crippen LogP contribution in [0.2, 0.25) is 0 Å². The molecule has 116 valence electrons. The van der Waals surface area contributed by atoms with Crippen LogP contribution in [0.4, 0.5) is 10.5 Å². The molecule has 0 spiro atoms. The minimum Gasteiger partial charge on any atom is -0.481 e. The Labute approximate surface area is 124 Å². The highest BCUT2D eigenvalue weighted by molar-refractivity contribution is 5.89. The lowest BCUT2D eigenvalue weighted by Gasteiger charge is -2.35. The van der Waals surface area contributed by atoms with Crippen LogP contribution >= 0.6 is 0 Å². The first-order chi connectivity index (χ1) is 10.1. The highest BCUT2D eigenvalue weighted by Gasteiger charge is 2.21. The molecule has 2 N–H and O–H groups in total. The fraction of sp³-hybridized carbons (Fsp3) is 0.571. The first-order valence-corrected chi connectivity index (χ1v) is 7.05. The molecule has 2 heterocycles. The summed E-state index contributed by atoms with van der Waals surface area (Å²) in [6, 6.07) is 3.34. The zero-order valence-corrected chi connectivity index (χ0v) is 12.5. The molecule has 0 bridgehead atoms. The Bertz CT molecular complexity index is 456. The molecule has 1 aromatic heterocycles. The second-order valence-corrected chi connectivity index (χ2v) is 5.16. The molecular weight excluding hydrogens is 272 g/mol. The lowest BCUT2D eigenvalue weighted by Crippen LogP contribution is -2.51. The van der Waals surface area contributed by atoms with E-state index in [1.165, 1.54) is 0 Å². The maximum atomic E-state index is 12.1. The number of aliphatic hydroxyl groups is 1. The Hall–Kier alpha value is -1.86. The first kappa shape index (κ1) is 15.5. The van der Waals surface area contributed by atoms with E-state index in [1.54, 1.807) is 37.3 Å². The number of aliphatic hydroxyl groups excluding tert-OH is 1. The maximum absolute atomic E-state index is 12.1. The van der Waals surface area contributed by atoms with E-state index in [0.29, 0.717) is 31.2 Å². The maximum Gasteiger partial charge on any atom is 0.321 e. The number of pyridine rings is 1. The van der Waals surface area contributed by atoms with E-state index in [2.05, 4.69) is 15.2 Å². The normalized spacial score (nSPS) is 17.4. The average molecular weight is 294 g/mol. The minimum atomic E-state index is -0.337. The number of carbonyl (C=O) groups excluding carboxylic acids is 1. The van der Waals surface area contributed by atoms with Gasteiger partial charge in [0, 0.05) is 38.8 Å². The van der Waals surface area contributed by atoms with Gasteiger partial charge in [-0.3, -0.25) is 4.90 Å². The van der Waals surface area contributed by atoms with Gasteiger partial charge in [0.25, 0.3) is 0 Å². The summed E-state index contributed by atoms with van der Waals surface area (Å²) < 4.78 is 4.97. The smallest absolute Gasteiger partial charge is 0.321 e. The van der Waals surface area contributed by atoms with Crippen molar-refractivity contribution in [3.63, 3.8) is 0 Å². The van der Waals surface area contributed by atoms with Crippen LogP contribution in [0.1, 0.15) is 6.92 Å². The predicted molar refractivity (Wildman–Crippen MR) is 79.5 cm³/mol. The Morgan fingerprint density at radius 2 is 2.14 bits per heavy atom. The molecule has 1 fully saturated rings. The van der Waals surface area contributed by atoms with Crippen molar-refractivity contribution in [1.29, 1.82) is 0 Å². The van der Waals surface area contributed by atoms with Gasteiger partial charge in [0.05, 0.1) is 25.1 Å². The second-order valence-electron chi connectivity index (χ2n) is 5.16. The van der Waals surface area contributed by atoms with Crippen molar-refractivity contribution >= 4 is 11.7 Å². The van der Waals surface area contributed by atoms with Gasteiger partial charge in [-0.15, -0.1) is 0 Å². The SMILES string of the molecule is COc1ccc(NC(=O)N2CCN(CC(C)O)CC2)cn1. The van der Waals surface area contributed by atoms with Crippen molar-refractivity contribution in [2.45, 2.75) is 13.0 Å². The van der Waals surface area contributed by atoms with Gasteiger partial charge in [0.1, 0.15) is 0 Å². The lowest BCUT2D eigenvalue weighted by molar-refractivity contribution is 0.0924. The summed E-state index contributed by atoms with van der Waals surface area (Å²) in [6.07, 6.45) is 1.23. The van der Waals surface area contributed by atoms with Crippen molar-refractivity contribution in [2.24, 2.45) is 0 Å². The predicted octanol–water partition coefficient (Wildman–Crippen LogP) is 0.620. The van der Waals surface area contributed by atoms with Crippen LogP contribution in [-0.4, -0.2) is 71.9 Å².